The van der Waals surface area contributed by atoms with Crippen LogP contribution in [-0.4, -0.2) is 38.2 Å². The van der Waals surface area contributed by atoms with E-state index in [9.17, 15) is 22.8 Å². The number of aromatic nitrogens is 1. The number of nitrogens with one attached hydrogen (secondary N) is 3. The number of benzene rings is 1. The number of urea groups is 1. The predicted molar refractivity (Wildman–Crippen MR) is 122 cm³/mol. The first-order valence-corrected chi connectivity index (χ1v) is 11.9. The summed E-state index contributed by atoms with van der Waals surface area (Å²) in [6.07, 6.45) is 1.21. The van der Waals surface area contributed by atoms with Crippen LogP contribution in [0.5, 0.6) is 5.75 Å². The van der Waals surface area contributed by atoms with Crippen LogP contribution in [0.15, 0.2) is 52.9 Å². The molecule has 1 aromatic carbocycles. The molecule has 10 nitrogen and oxygen atoms in total. The first-order chi connectivity index (χ1) is 15.7. The largest absolute Gasteiger partial charge is 0.497 e. The quantitative estimate of drug-likeness (QED) is 0.450. The van der Waals surface area contributed by atoms with Gasteiger partial charge in [-0.25, -0.2) is 17.9 Å². The Morgan fingerprint density at radius 1 is 1.18 bits per heavy atom. The number of ether oxygens (including phenoxy) is 1. The Hall–Kier alpha value is -3.48. The molecule has 1 atom stereocenters. The number of carbonyl (C=O) groups is 3. The van der Waals surface area contributed by atoms with Crippen molar-refractivity contribution < 1.29 is 27.5 Å². The van der Waals surface area contributed by atoms with Crippen molar-refractivity contribution in [1.29, 1.82) is 0 Å². The molecule has 1 aliphatic heterocycles. The normalized spacial score (nSPS) is 15.4. The third kappa shape index (κ3) is 4.67. The number of anilines is 2. The van der Waals surface area contributed by atoms with Crippen LogP contribution in [0.2, 0.25) is 4.34 Å². The van der Waals surface area contributed by atoms with E-state index in [4.69, 9.17) is 16.3 Å². The molecule has 3 amide bonds. The smallest absolute Gasteiger partial charge is 0.333 e. The Morgan fingerprint density at radius 2 is 1.97 bits per heavy atom. The summed E-state index contributed by atoms with van der Waals surface area (Å²) >= 11 is 6.54. The summed E-state index contributed by atoms with van der Waals surface area (Å²) in [7, 11) is -2.62. The minimum Gasteiger partial charge on any atom is -0.497 e. The summed E-state index contributed by atoms with van der Waals surface area (Å²) in [5, 5.41) is 5.01. The van der Waals surface area contributed by atoms with Gasteiger partial charge in [0.1, 0.15) is 15.9 Å². The van der Waals surface area contributed by atoms with Crippen LogP contribution in [0.25, 0.3) is 0 Å². The lowest BCUT2D eigenvalue weighted by Crippen LogP contribution is -2.34. The van der Waals surface area contributed by atoms with Crippen molar-refractivity contribution in [2.24, 2.45) is 0 Å². The molecule has 13 heteroatoms. The fraction of sp³-hybridized carbons (Fsp3) is 0.100. The second-order valence-corrected chi connectivity index (χ2v) is 10.4. The average Bonchev–Trinajstić information content (AvgIpc) is 3.22. The van der Waals surface area contributed by atoms with Crippen molar-refractivity contribution in [3.05, 3.63) is 64.3 Å². The van der Waals surface area contributed by atoms with Gasteiger partial charge in [-0.05, 0) is 42.5 Å². The van der Waals surface area contributed by atoms with Gasteiger partial charge < -0.3 is 15.4 Å². The molecule has 0 bridgehead atoms. The maximum Gasteiger partial charge on any atom is 0.333 e. The first kappa shape index (κ1) is 22.7. The van der Waals surface area contributed by atoms with Gasteiger partial charge in [-0.15, -0.1) is 11.3 Å². The van der Waals surface area contributed by atoms with E-state index in [0.717, 1.165) is 11.3 Å². The maximum atomic E-state index is 12.9. The number of ketones is 1. The number of carbonyl (C=O) groups excluding carboxylic acids is 3. The molecule has 0 spiro atoms. The number of fused-ring (bicyclic) bond motifs is 1. The van der Waals surface area contributed by atoms with Crippen LogP contribution in [-0.2, 0) is 14.8 Å². The lowest BCUT2D eigenvalue weighted by Gasteiger charge is -2.23. The summed E-state index contributed by atoms with van der Waals surface area (Å²) in [5.74, 6) is -1.70. The Bertz CT molecular complexity index is 1370. The summed E-state index contributed by atoms with van der Waals surface area (Å²) in [6.45, 7) is 0. The number of rotatable bonds is 5. The second kappa shape index (κ2) is 8.81. The van der Waals surface area contributed by atoms with E-state index in [2.05, 4.69) is 15.6 Å². The third-order valence-electron chi connectivity index (χ3n) is 4.65. The van der Waals surface area contributed by atoms with E-state index in [-0.39, 0.29) is 19.9 Å². The van der Waals surface area contributed by atoms with Gasteiger partial charge in [-0.1, -0.05) is 11.6 Å². The topological polar surface area (TPSA) is 144 Å². The molecule has 0 saturated heterocycles. The fourth-order valence-corrected chi connectivity index (χ4v) is 5.52. The number of thiophene rings is 1. The molecule has 1 aliphatic rings. The summed E-state index contributed by atoms with van der Waals surface area (Å²) in [4.78, 5) is 41.7. The van der Waals surface area contributed by atoms with E-state index >= 15 is 0 Å². The highest BCUT2D eigenvalue weighted by molar-refractivity contribution is 7.92. The summed E-state index contributed by atoms with van der Waals surface area (Å²) in [5.41, 5.74) is 0.991. The molecule has 2 aromatic heterocycles. The van der Waals surface area contributed by atoms with E-state index in [1.54, 1.807) is 12.1 Å². The predicted octanol–water partition coefficient (Wildman–Crippen LogP) is 3.23. The highest BCUT2D eigenvalue weighted by atomic mass is 35.5. The Kier molecular flexibility index (Phi) is 6.06. The van der Waals surface area contributed by atoms with Crippen LogP contribution in [0.4, 0.5) is 16.2 Å². The van der Waals surface area contributed by atoms with Gasteiger partial charge in [0.2, 0.25) is 5.91 Å². The zero-order chi connectivity index (χ0) is 23.8. The minimum atomic E-state index is -4.09. The summed E-state index contributed by atoms with van der Waals surface area (Å²) < 4.78 is 31.5. The molecule has 4 rings (SSSR count). The number of nitrogens with zero attached hydrogens (tertiary/aromatic N) is 1. The average molecular weight is 507 g/mol. The molecule has 3 heterocycles. The van der Waals surface area contributed by atoms with Gasteiger partial charge in [0.25, 0.3) is 10.0 Å². The lowest BCUT2D eigenvalue weighted by atomic mass is 9.88. The zero-order valence-corrected chi connectivity index (χ0v) is 19.2. The molecule has 170 valence electrons. The Labute approximate surface area is 197 Å². The number of halogens is 1. The van der Waals surface area contributed by atoms with Gasteiger partial charge in [0.15, 0.2) is 5.78 Å². The molecular weight excluding hydrogens is 492 g/mol. The highest BCUT2D eigenvalue weighted by Crippen LogP contribution is 2.33. The van der Waals surface area contributed by atoms with Crippen molar-refractivity contribution in [2.75, 3.05) is 17.7 Å². The molecule has 0 radical (unpaired) electrons. The van der Waals surface area contributed by atoms with Gasteiger partial charge in [0.05, 0.1) is 34.7 Å². The van der Waals surface area contributed by atoms with Crippen molar-refractivity contribution in [3.63, 3.8) is 0 Å². The number of Topliss-reactive ketones (excluding diaryl/α,β-unsaturated/α-hetero) is 1. The van der Waals surface area contributed by atoms with Gasteiger partial charge in [0, 0.05) is 5.56 Å². The van der Waals surface area contributed by atoms with E-state index in [0.29, 0.717) is 17.0 Å². The second-order valence-electron chi connectivity index (χ2n) is 6.79. The third-order valence-corrected chi connectivity index (χ3v) is 7.71. The van der Waals surface area contributed by atoms with Crippen molar-refractivity contribution >= 4 is 62.1 Å². The van der Waals surface area contributed by atoms with Gasteiger partial charge >= 0.3 is 6.03 Å². The molecular formula is C20H15ClN4O6S2. The van der Waals surface area contributed by atoms with Crippen molar-refractivity contribution in [3.8, 4) is 5.75 Å². The number of hydrogen-bond donors (Lipinski definition) is 3. The van der Waals surface area contributed by atoms with Gasteiger partial charge in [-0.3, -0.25) is 14.6 Å². The number of amides is 3. The Morgan fingerprint density at radius 3 is 2.61 bits per heavy atom. The minimum absolute atomic E-state index is 0.116. The first-order valence-electron chi connectivity index (χ1n) is 9.26. The van der Waals surface area contributed by atoms with Crippen LogP contribution in [0.3, 0.4) is 0 Å². The number of pyridine rings is 1. The number of methoxy groups -OCH3 is 1. The maximum absolute atomic E-state index is 12.9. The molecule has 3 aromatic rings. The Balaban J connectivity index is 1.48. The molecule has 3 N–H and O–H groups in total. The van der Waals surface area contributed by atoms with Gasteiger partial charge in [-0.2, -0.15) is 0 Å². The van der Waals surface area contributed by atoms with Crippen LogP contribution in [0.1, 0.15) is 22.0 Å². The highest BCUT2D eigenvalue weighted by Gasteiger charge is 2.36. The van der Waals surface area contributed by atoms with E-state index in [1.165, 1.54) is 43.6 Å². The van der Waals surface area contributed by atoms with Crippen LogP contribution >= 0.6 is 22.9 Å². The summed E-state index contributed by atoms with van der Waals surface area (Å²) in [6, 6.07) is 9.21. The van der Waals surface area contributed by atoms with Crippen LogP contribution < -0.4 is 20.1 Å². The zero-order valence-electron chi connectivity index (χ0n) is 16.8. The lowest BCUT2D eigenvalue weighted by molar-refractivity contribution is -0.116. The molecule has 33 heavy (non-hydrogen) atoms. The number of hydrogen-bond acceptors (Lipinski definition) is 8. The van der Waals surface area contributed by atoms with Crippen molar-refractivity contribution in [1.82, 2.24) is 9.71 Å². The fourth-order valence-electron chi connectivity index (χ4n) is 3.13. The van der Waals surface area contributed by atoms with Crippen molar-refractivity contribution in [2.45, 2.75) is 10.1 Å². The van der Waals surface area contributed by atoms with Crippen LogP contribution in [0, 0.1) is 0 Å². The standard InChI is InChI=1S/C20H15ClN4O6S2/c1-31-11-3-5-13-12(8-11)18(26)17(19(27)24-13)14-4-2-10(9-22-14)23-20(28)25-33(29,30)16-7-6-15(21)32-16/h2-9,17H,1H3,(H,24,27)(H2,23,25,28). The molecule has 1 unspecified atom stereocenters. The van der Waals surface area contributed by atoms with E-state index < -0.39 is 33.7 Å². The molecule has 0 fully saturated rings. The molecule has 0 saturated carbocycles. The number of sulfonamides is 1. The molecule has 0 aliphatic carbocycles. The SMILES string of the molecule is COc1ccc2c(c1)C(=O)C(c1ccc(NC(=O)NS(=O)(=O)c3ccc(Cl)s3)cn1)C(=O)N2. The monoisotopic (exact) mass is 506 g/mol. The van der Waals surface area contributed by atoms with E-state index in [1.807, 2.05) is 4.72 Å².